The molecular formula is C14H19N. The molecule has 1 heteroatoms. The number of nitrogens with zero attached hydrogens (tertiary/aromatic N) is 1. The van der Waals surface area contributed by atoms with Gasteiger partial charge in [-0.15, -0.1) is 0 Å². The molecule has 0 saturated carbocycles. The maximum absolute atomic E-state index is 2.73. The highest BCUT2D eigenvalue weighted by molar-refractivity contribution is 5.21. The highest BCUT2D eigenvalue weighted by Crippen LogP contribution is 2.38. The summed E-state index contributed by atoms with van der Waals surface area (Å²) >= 11 is 0. The summed E-state index contributed by atoms with van der Waals surface area (Å²) in [5, 5.41) is 0. The summed E-state index contributed by atoms with van der Waals surface area (Å²) in [4.78, 5) is 2.73. The van der Waals surface area contributed by atoms with Crippen molar-refractivity contribution in [2.24, 2.45) is 0 Å². The molecule has 0 N–H and O–H groups in total. The molecule has 1 aromatic carbocycles. The molecule has 1 nitrogen and oxygen atoms in total. The highest BCUT2D eigenvalue weighted by Gasteiger charge is 2.38. The largest absolute Gasteiger partial charge is 0.293 e. The summed E-state index contributed by atoms with van der Waals surface area (Å²) in [7, 11) is 0. The molecule has 0 atom stereocenters. The van der Waals surface area contributed by atoms with E-state index < -0.39 is 0 Å². The number of benzene rings is 1. The van der Waals surface area contributed by atoms with Gasteiger partial charge in [-0.25, -0.2) is 0 Å². The smallest absolute Gasteiger partial charge is 0.0239 e. The molecule has 2 heterocycles. The molecule has 0 aromatic heterocycles. The van der Waals surface area contributed by atoms with Gasteiger partial charge in [-0.3, -0.25) is 4.90 Å². The molecule has 0 amide bonds. The van der Waals surface area contributed by atoms with Crippen LogP contribution in [0.2, 0.25) is 0 Å². The molecule has 3 rings (SSSR count). The second-order valence-electron chi connectivity index (χ2n) is 5.12. The van der Waals surface area contributed by atoms with E-state index >= 15 is 0 Å². The third kappa shape index (κ3) is 1.69. The van der Waals surface area contributed by atoms with Crippen LogP contribution in [0.1, 0.15) is 36.8 Å². The average Bonchev–Trinajstić information content (AvgIpc) is 2.81. The van der Waals surface area contributed by atoms with Gasteiger partial charge >= 0.3 is 0 Å². The van der Waals surface area contributed by atoms with Crippen LogP contribution in [0.3, 0.4) is 0 Å². The number of aryl methyl sites for hydroxylation is 1. The van der Waals surface area contributed by atoms with Gasteiger partial charge in [-0.05, 0) is 38.2 Å². The quantitative estimate of drug-likeness (QED) is 0.710. The Labute approximate surface area is 92.1 Å². The summed E-state index contributed by atoms with van der Waals surface area (Å²) in [5.74, 6) is 0. The summed E-state index contributed by atoms with van der Waals surface area (Å²) in [5.41, 5.74) is 2.85. The van der Waals surface area contributed by atoms with Gasteiger partial charge in [0.15, 0.2) is 0 Å². The molecule has 0 unspecified atom stereocenters. The number of rotatable bonds is 2. The molecular weight excluding hydrogens is 182 g/mol. The minimum absolute atomic E-state index is 0.899. The maximum atomic E-state index is 2.73. The Morgan fingerprint density at radius 3 is 2.07 bits per heavy atom. The van der Waals surface area contributed by atoms with Gasteiger partial charge < -0.3 is 0 Å². The molecule has 15 heavy (non-hydrogen) atoms. The van der Waals surface area contributed by atoms with Gasteiger partial charge in [0.05, 0.1) is 0 Å². The van der Waals surface area contributed by atoms with Crippen LogP contribution < -0.4 is 0 Å². The second kappa shape index (κ2) is 3.64. The first-order valence-corrected chi connectivity index (χ1v) is 6.14. The third-order valence-electron chi connectivity index (χ3n) is 4.09. The van der Waals surface area contributed by atoms with E-state index in [9.17, 15) is 0 Å². The zero-order valence-corrected chi connectivity index (χ0v) is 9.45. The van der Waals surface area contributed by atoms with Crippen molar-refractivity contribution in [2.75, 3.05) is 0 Å². The fraction of sp³-hybridized carbons (Fsp3) is 0.571. The van der Waals surface area contributed by atoms with E-state index in [0.717, 1.165) is 12.1 Å². The van der Waals surface area contributed by atoms with Crippen LogP contribution in [-0.4, -0.2) is 17.0 Å². The Bertz CT molecular complexity index is 321. The van der Waals surface area contributed by atoms with Crippen molar-refractivity contribution in [3.8, 4) is 0 Å². The van der Waals surface area contributed by atoms with Gasteiger partial charge in [0.25, 0.3) is 0 Å². The Morgan fingerprint density at radius 2 is 1.53 bits per heavy atom. The van der Waals surface area contributed by atoms with Gasteiger partial charge in [0.1, 0.15) is 0 Å². The first-order valence-electron chi connectivity index (χ1n) is 6.14. The summed E-state index contributed by atoms with van der Waals surface area (Å²) < 4.78 is 0. The van der Waals surface area contributed by atoms with E-state index in [1.807, 2.05) is 0 Å². The van der Waals surface area contributed by atoms with Crippen molar-refractivity contribution in [3.63, 3.8) is 0 Å². The van der Waals surface area contributed by atoms with Gasteiger partial charge in [0, 0.05) is 18.6 Å². The number of hydrogen-bond donors (Lipinski definition) is 0. The van der Waals surface area contributed by atoms with E-state index in [2.05, 4.69) is 36.1 Å². The Morgan fingerprint density at radius 1 is 1.00 bits per heavy atom. The molecule has 2 fully saturated rings. The minimum Gasteiger partial charge on any atom is -0.293 e. The SMILES string of the molecule is Cc1ccc(CN2C3CCC2CC3)cc1. The predicted molar refractivity (Wildman–Crippen MR) is 62.8 cm³/mol. The van der Waals surface area contributed by atoms with Crippen molar-refractivity contribution >= 4 is 0 Å². The monoisotopic (exact) mass is 201 g/mol. The van der Waals surface area contributed by atoms with E-state index in [4.69, 9.17) is 0 Å². The van der Waals surface area contributed by atoms with Crippen molar-refractivity contribution in [2.45, 2.75) is 51.2 Å². The van der Waals surface area contributed by atoms with Crippen LogP contribution in [0.4, 0.5) is 0 Å². The first kappa shape index (κ1) is 9.41. The molecule has 80 valence electrons. The van der Waals surface area contributed by atoms with Gasteiger partial charge in [-0.2, -0.15) is 0 Å². The Hall–Kier alpha value is -0.820. The lowest BCUT2D eigenvalue weighted by Gasteiger charge is -2.21. The summed E-state index contributed by atoms with van der Waals surface area (Å²) in [6.07, 6.45) is 5.76. The third-order valence-corrected chi connectivity index (χ3v) is 4.09. The summed E-state index contributed by atoms with van der Waals surface area (Å²) in [6, 6.07) is 10.8. The standard InChI is InChI=1S/C14H19N/c1-11-2-4-12(5-3-11)10-15-13-6-7-14(15)9-8-13/h2-5,13-14H,6-10H2,1H3. The number of fused-ring (bicyclic) bond motifs is 2. The minimum atomic E-state index is 0.899. The maximum Gasteiger partial charge on any atom is 0.0239 e. The summed E-state index contributed by atoms with van der Waals surface area (Å²) in [6.45, 7) is 3.33. The van der Waals surface area contributed by atoms with Crippen LogP contribution >= 0.6 is 0 Å². The highest BCUT2D eigenvalue weighted by atomic mass is 15.2. The Kier molecular flexibility index (Phi) is 2.28. The lowest BCUT2D eigenvalue weighted by molar-refractivity contribution is 0.244. The van der Waals surface area contributed by atoms with E-state index in [1.54, 1.807) is 0 Å². The number of hydrogen-bond acceptors (Lipinski definition) is 1. The second-order valence-corrected chi connectivity index (χ2v) is 5.12. The zero-order valence-electron chi connectivity index (χ0n) is 9.45. The molecule has 2 aliphatic rings. The van der Waals surface area contributed by atoms with Gasteiger partial charge in [-0.1, -0.05) is 29.8 Å². The van der Waals surface area contributed by atoms with Crippen molar-refractivity contribution < 1.29 is 0 Å². The predicted octanol–water partition coefficient (Wildman–Crippen LogP) is 3.12. The van der Waals surface area contributed by atoms with Gasteiger partial charge in [0.2, 0.25) is 0 Å². The first-order chi connectivity index (χ1) is 7.33. The van der Waals surface area contributed by atoms with Crippen LogP contribution in [0.25, 0.3) is 0 Å². The fourth-order valence-electron chi connectivity index (χ4n) is 3.18. The molecule has 0 radical (unpaired) electrons. The van der Waals surface area contributed by atoms with E-state index in [0.29, 0.717) is 0 Å². The van der Waals surface area contributed by atoms with E-state index in [1.165, 1.54) is 43.4 Å². The van der Waals surface area contributed by atoms with Crippen molar-refractivity contribution in [3.05, 3.63) is 35.4 Å². The topological polar surface area (TPSA) is 3.24 Å². The van der Waals surface area contributed by atoms with Crippen molar-refractivity contribution in [1.29, 1.82) is 0 Å². The molecule has 1 aromatic rings. The lowest BCUT2D eigenvalue weighted by atomic mass is 10.0. The molecule has 2 bridgehead atoms. The lowest BCUT2D eigenvalue weighted by Crippen LogP contribution is -2.27. The molecule has 0 spiro atoms. The molecule has 2 saturated heterocycles. The Balaban J connectivity index is 1.73. The molecule has 0 aliphatic carbocycles. The van der Waals surface area contributed by atoms with Crippen molar-refractivity contribution in [1.82, 2.24) is 4.90 Å². The van der Waals surface area contributed by atoms with Crippen LogP contribution in [0, 0.1) is 6.92 Å². The normalized spacial score (nSPS) is 29.9. The van der Waals surface area contributed by atoms with Crippen LogP contribution in [0.15, 0.2) is 24.3 Å². The zero-order chi connectivity index (χ0) is 10.3. The van der Waals surface area contributed by atoms with Crippen LogP contribution in [-0.2, 0) is 6.54 Å². The van der Waals surface area contributed by atoms with Crippen LogP contribution in [0.5, 0.6) is 0 Å². The average molecular weight is 201 g/mol. The van der Waals surface area contributed by atoms with E-state index in [-0.39, 0.29) is 0 Å². The fourth-order valence-corrected chi connectivity index (χ4v) is 3.18. The molecule has 2 aliphatic heterocycles.